The molecule has 0 spiro atoms. The van der Waals surface area contributed by atoms with Crippen LogP contribution in [-0.4, -0.2) is 0 Å². The lowest BCUT2D eigenvalue weighted by atomic mass is 9.80. The molecule has 0 N–H and O–H groups in total. The Morgan fingerprint density at radius 3 is 1.43 bits per heavy atom. The molecule has 0 unspecified atom stereocenters. The monoisotopic (exact) mass is 586 g/mol. The first-order chi connectivity index (χ1) is 20.1. The van der Waals surface area contributed by atoms with E-state index in [9.17, 15) is 0 Å². The molecule has 2 fully saturated rings. The van der Waals surface area contributed by atoms with E-state index < -0.39 is 8.60 Å². The summed E-state index contributed by atoms with van der Waals surface area (Å²) in [5.74, 6) is 3.69. The van der Waals surface area contributed by atoms with Gasteiger partial charge in [0.05, 0.1) is 0 Å². The Balaban J connectivity index is 1.52. The van der Waals surface area contributed by atoms with Crippen molar-refractivity contribution < 1.29 is 13.6 Å². The van der Waals surface area contributed by atoms with Crippen LogP contribution < -0.4 is 13.6 Å². The summed E-state index contributed by atoms with van der Waals surface area (Å²) < 4.78 is 20.5. The van der Waals surface area contributed by atoms with Crippen molar-refractivity contribution in [3.8, 4) is 17.2 Å². The third-order valence-corrected chi connectivity index (χ3v) is 10.1. The highest BCUT2D eigenvalue weighted by molar-refractivity contribution is 7.43. The first-order valence-corrected chi connectivity index (χ1v) is 17.4. The van der Waals surface area contributed by atoms with Crippen molar-refractivity contribution in [3.05, 3.63) is 89.0 Å². The Hall–Kier alpha value is -2.51. The van der Waals surface area contributed by atoms with Crippen molar-refractivity contribution in [2.75, 3.05) is 0 Å². The molecule has 0 amide bonds. The average molecular weight is 587 g/mol. The third-order valence-electron chi connectivity index (χ3n) is 9.10. The zero-order valence-corrected chi connectivity index (χ0v) is 27.6. The number of benzene rings is 3. The molecule has 42 heavy (non-hydrogen) atoms. The van der Waals surface area contributed by atoms with E-state index in [0.29, 0.717) is 11.8 Å². The standard InChI is InChI=1S/C38H51O3P/c1-37(2,3)30-25-26-36(33(27-30)38(4,5)6)41-42(39-34-23-15-13-21-31(34)28-17-9-7-10-18-28)40-35-24-16-14-22-32(35)29-19-11-8-12-20-29/h13-16,21-29H,7-12,17-20H2,1-6H3. The van der Waals surface area contributed by atoms with Gasteiger partial charge in [0.25, 0.3) is 0 Å². The van der Waals surface area contributed by atoms with Crippen molar-refractivity contribution in [2.45, 2.75) is 128 Å². The van der Waals surface area contributed by atoms with Crippen molar-refractivity contribution >= 4 is 8.60 Å². The molecule has 2 saturated carbocycles. The van der Waals surface area contributed by atoms with E-state index in [-0.39, 0.29) is 10.8 Å². The van der Waals surface area contributed by atoms with Gasteiger partial charge in [-0.1, -0.05) is 129 Å². The fourth-order valence-corrected chi connectivity index (χ4v) is 7.67. The van der Waals surface area contributed by atoms with Crippen molar-refractivity contribution in [1.29, 1.82) is 0 Å². The predicted molar refractivity (Wildman–Crippen MR) is 177 cm³/mol. The highest BCUT2D eigenvalue weighted by Crippen LogP contribution is 2.50. The van der Waals surface area contributed by atoms with Gasteiger partial charge in [0.15, 0.2) is 0 Å². The summed E-state index contributed by atoms with van der Waals surface area (Å²) in [6, 6.07) is 23.8. The lowest BCUT2D eigenvalue weighted by molar-refractivity contribution is 0.368. The van der Waals surface area contributed by atoms with Gasteiger partial charge in [-0.2, -0.15) is 0 Å². The molecule has 3 aromatic carbocycles. The molecule has 0 bridgehead atoms. The van der Waals surface area contributed by atoms with Crippen LogP contribution in [0, 0.1) is 0 Å². The Labute approximate surface area is 256 Å². The van der Waals surface area contributed by atoms with E-state index in [1.165, 1.54) is 86.5 Å². The minimum absolute atomic E-state index is 0.0497. The highest BCUT2D eigenvalue weighted by atomic mass is 31.2. The molecule has 226 valence electrons. The van der Waals surface area contributed by atoms with E-state index in [1.807, 2.05) is 0 Å². The van der Waals surface area contributed by atoms with E-state index in [2.05, 4.69) is 108 Å². The van der Waals surface area contributed by atoms with E-state index >= 15 is 0 Å². The molecule has 4 heteroatoms. The molecule has 0 radical (unpaired) electrons. The first kappa shape index (κ1) is 30.9. The van der Waals surface area contributed by atoms with Crippen LogP contribution in [0.2, 0.25) is 0 Å². The molecule has 0 aromatic heterocycles. The van der Waals surface area contributed by atoms with Gasteiger partial charge in [0.1, 0.15) is 17.2 Å². The van der Waals surface area contributed by atoms with Gasteiger partial charge in [-0.25, -0.2) is 0 Å². The van der Waals surface area contributed by atoms with Crippen LogP contribution in [-0.2, 0) is 10.8 Å². The van der Waals surface area contributed by atoms with Gasteiger partial charge in [-0.3, -0.25) is 0 Å². The van der Waals surface area contributed by atoms with Crippen LogP contribution >= 0.6 is 8.60 Å². The summed E-state index contributed by atoms with van der Waals surface area (Å²) in [6.45, 7) is 13.5. The van der Waals surface area contributed by atoms with Gasteiger partial charge < -0.3 is 13.6 Å². The van der Waals surface area contributed by atoms with E-state index in [0.717, 1.165) is 17.2 Å². The molecule has 5 rings (SSSR count). The summed E-state index contributed by atoms with van der Waals surface area (Å²) in [6.07, 6.45) is 12.7. The maximum Gasteiger partial charge on any atom is 0.530 e. The van der Waals surface area contributed by atoms with Gasteiger partial charge in [-0.05, 0) is 83.2 Å². The zero-order chi connectivity index (χ0) is 29.7. The van der Waals surface area contributed by atoms with Crippen molar-refractivity contribution in [3.63, 3.8) is 0 Å². The zero-order valence-electron chi connectivity index (χ0n) is 26.7. The fraction of sp³-hybridized carbons (Fsp3) is 0.526. The van der Waals surface area contributed by atoms with E-state index in [1.54, 1.807) is 0 Å². The third kappa shape index (κ3) is 7.71. The first-order valence-electron chi connectivity index (χ1n) is 16.3. The molecule has 0 saturated heterocycles. The van der Waals surface area contributed by atoms with Gasteiger partial charge in [-0.15, -0.1) is 0 Å². The summed E-state index contributed by atoms with van der Waals surface area (Å²) in [4.78, 5) is 0. The molecule has 0 heterocycles. The summed E-state index contributed by atoms with van der Waals surface area (Å²) in [5, 5.41) is 0. The molecular formula is C38H51O3P. The average Bonchev–Trinajstić information content (AvgIpc) is 2.98. The second kappa shape index (κ2) is 13.4. The lowest BCUT2D eigenvalue weighted by Crippen LogP contribution is -2.18. The van der Waals surface area contributed by atoms with E-state index in [4.69, 9.17) is 13.6 Å². The lowest BCUT2D eigenvalue weighted by Gasteiger charge is -2.29. The molecule has 2 aliphatic rings. The quantitative estimate of drug-likeness (QED) is 0.246. The largest absolute Gasteiger partial charge is 0.530 e. The SMILES string of the molecule is CC(C)(C)c1ccc(OP(Oc2ccccc2C2CCCCC2)Oc2ccccc2C2CCCCC2)c(C(C)(C)C)c1. The topological polar surface area (TPSA) is 27.7 Å². The Kier molecular flexibility index (Phi) is 9.88. The molecule has 3 aromatic rings. The molecule has 2 aliphatic carbocycles. The number of hydrogen-bond acceptors (Lipinski definition) is 3. The minimum Gasteiger partial charge on any atom is -0.408 e. The molecule has 0 atom stereocenters. The minimum atomic E-state index is -1.77. The summed E-state index contributed by atoms with van der Waals surface area (Å²) in [5.41, 5.74) is 5.01. The maximum atomic E-state index is 6.85. The number of rotatable bonds is 8. The van der Waals surface area contributed by atoms with Crippen molar-refractivity contribution in [1.82, 2.24) is 0 Å². The molecule has 0 aliphatic heterocycles. The van der Waals surface area contributed by atoms with Crippen LogP contribution in [0.5, 0.6) is 17.2 Å². The van der Waals surface area contributed by atoms with Crippen LogP contribution in [0.1, 0.15) is 140 Å². The van der Waals surface area contributed by atoms with Gasteiger partial charge in [0.2, 0.25) is 0 Å². The van der Waals surface area contributed by atoms with Crippen LogP contribution in [0.4, 0.5) is 0 Å². The summed E-state index contributed by atoms with van der Waals surface area (Å²) in [7, 11) is -1.77. The Bertz CT molecular complexity index is 1240. The number of hydrogen-bond donors (Lipinski definition) is 0. The fourth-order valence-electron chi connectivity index (χ4n) is 6.59. The van der Waals surface area contributed by atoms with Crippen LogP contribution in [0.15, 0.2) is 66.7 Å². The highest BCUT2D eigenvalue weighted by Gasteiger charge is 2.30. The predicted octanol–water partition coefficient (Wildman–Crippen LogP) is 12.1. The molecular weight excluding hydrogens is 535 g/mol. The smallest absolute Gasteiger partial charge is 0.408 e. The Morgan fingerprint density at radius 2 is 0.976 bits per heavy atom. The van der Waals surface area contributed by atoms with Crippen LogP contribution in [0.25, 0.3) is 0 Å². The van der Waals surface area contributed by atoms with Gasteiger partial charge >= 0.3 is 8.60 Å². The summed E-state index contributed by atoms with van der Waals surface area (Å²) >= 11 is 0. The van der Waals surface area contributed by atoms with Crippen LogP contribution in [0.3, 0.4) is 0 Å². The normalized spacial score (nSPS) is 17.3. The van der Waals surface area contributed by atoms with Gasteiger partial charge in [0, 0.05) is 5.56 Å². The second-order valence-corrected chi connectivity index (χ2v) is 15.4. The maximum absolute atomic E-state index is 6.85. The molecule has 3 nitrogen and oxygen atoms in total. The second-order valence-electron chi connectivity index (χ2n) is 14.5. The number of para-hydroxylation sites is 2. The van der Waals surface area contributed by atoms with Crippen molar-refractivity contribution in [2.24, 2.45) is 0 Å². The Morgan fingerprint density at radius 1 is 0.524 bits per heavy atom.